The molecule has 28 heteroatoms. The van der Waals surface area contributed by atoms with E-state index in [0.717, 1.165) is 22.0 Å². The van der Waals surface area contributed by atoms with Crippen LogP contribution in [0.4, 0.5) is 0 Å². The summed E-state index contributed by atoms with van der Waals surface area (Å²) < 4.78 is 0. The molecule has 1 saturated heterocycles. The lowest BCUT2D eigenvalue weighted by atomic mass is 9.99. The van der Waals surface area contributed by atoms with Gasteiger partial charge in [-0.25, -0.2) is 0 Å². The van der Waals surface area contributed by atoms with Crippen LogP contribution in [0.3, 0.4) is 0 Å². The zero-order chi connectivity index (χ0) is 64.9. The third-order valence-corrected chi connectivity index (χ3v) is 15.1. The van der Waals surface area contributed by atoms with Crippen molar-refractivity contribution in [3.05, 3.63) is 71.9 Å². The van der Waals surface area contributed by atoms with E-state index in [4.69, 9.17) is 45.9 Å². The van der Waals surface area contributed by atoms with E-state index in [1.807, 2.05) is 68.4 Å². The molecule has 2 aromatic carbocycles. The molecule has 0 aliphatic carbocycles. The molecule has 0 radical (unpaired) electrons. The van der Waals surface area contributed by atoms with Crippen molar-refractivity contribution in [2.24, 2.45) is 67.7 Å². The third kappa shape index (κ3) is 24.1. The molecule has 24 N–H and O–H groups in total. The first-order chi connectivity index (χ1) is 41.9. The predicted molar refractivity (Wildman–Crippen MR) is 337 cm³/mol. The molecule has 2 heterocycles. The Hall–Kier alpha value is -8.37. The van der Waals surface area contributed by atoms with Gasteiger partial charge >= 0.3 is 0 Å². The number of para-hydroxylation sites is 1. The monoisotopic (exact) mass is 1230 g/mol. The second-order valence-electron chi connectivity index (χ2n) is 23.1. The second kappa shape index (κ2) is 37.4. The van der Waals surface area contributed by atoms with E-state index in [1.54, 1.807) is 20.0 Å². The SMILES string of the molecule is CC(C)C[C@H](NC(=O)[C@H](Cc1c[nH]c2ccccc12)NC(=O)[C@@H](N)Cc1ccccc1)C(=O)N[C@@H](CCCCN)C(=O)N[C@@H](CCCN=C(N)N)C(=O)N[C@@H](CCCCN)C(=O)N[C@@H](CCCN=C(N)N)C(=O)N[C@H](C(=O)N1CCC[C@H]1C(N)=O)C(C)C. The number of guanidine groups is 2. The lowest BCUT2D eigenvalue weighted by molar-refractivity contribution is -0.142. The van der Waals surface area contributed by atoms with Crippen LogP contribution >= 0.6 is 0 Å². The predicted octanol–water partition coefficient (Wildman–Crippen LogP) is -1.78. The molecular formula is C60H97N19O9. The largest absolute Gasteiger partial charge is 0.370 e. The van der Waals surface area contributed by atoms with Crippen molar-refractivity contribution >= 4 is 76.0 Å². The van der Waals surface area contributed by atoms with Crippen LogP contribution < -0.4 is 83.1 Å². The molecule has 3 aromatic rings. The summed E-state index contributed by atoms with van der Waals surface area (Å²) in [6, 6.07) is 6.02. The summed E-state index contributed by atoms with van der Waals surface area (Å²) in [6.45, 7) is 8.07. The van der Waals surface area contributed by atoms with Crippen LogP contribution in [-0.2, 0) is 56.0 Å². The van der Waals surface area contributed by atoms with Crippen molar-refractivity contribution in [3.63, 3.8) is 0 Å². The molecule has 88 heavy (non-hydrogen) atoms. The molecule has 486 valence electrons. The third-order valence-electron chi connectivity index (χ3n) is 15.1. The highest BCUT2D eigenvalue weighted by atomic mass is 16.2. The van der Waals surface area contributed by atoms with E-state index < -0.39 is 113 Å². The van der Waals surface area contributed by atoms with Crippen LogP contribution in [0, 0.1) is 11.8 Å². The minimum Gasteiger partial charge on any atom is -0.370 e. The minimum atomic E-state index is -1.36. The van der Waals surface area contributed by atoms with E-state index in [1.165, 1.54) is 4.90 Å². The average molecular weight is 1230 g/mol. The summed E-state index contributed by atoms with van der Waals surface area (Å²) in [5.74, 6) is -7.27. The number of primary amides is 1. The Labute approximate surface area is 515 Å². The number of unbranched alkanes of at least 4 members (excludes halogenated alkanes) is 2. The maximum atomic E-state index is 14.7. The molecule has 0 saturated carbocycles. The molecule has 1 aliphatic rings. The summed E-state index contributed by atoms with van der Waals surface area (Å²) in [6.07, 6.45) is 5.00. The number of carbonyl (C=O) groups is 9. The molecule has 1 fully saturated rings. The molecule has 28 nitrogen and oxygen atoms in total. The number of aromatic nitrogens is 1. The first-order valence-corrected chi connectivity index (χ1v) is 30.5. The number of nitrogens with one attached hydrogen (secondary N) is 8. The average Bonchev–Trinajstić information content (AvgIpc) is 4.35. The van der Waals surface area contributed by atoms with Gasteiger partial charge in [-0.15, -0.1) is 0 Å². The number of aliphatic imine (C=N–C) groups is 2. The number of carbonyl (C=O) groups excluding carboxylic acids is 9. The summed E-state index contributed by atoms with van der Waals surface area (Å²) in [5, 5.41) is 20.4. The number of nitrogens with zero attached hydrogens (tertiary/aromatic N) is 3. The number of H-pyrrole nitrogens is 1. The van der Waals surface area contributed by atoms with Gasteiger partial charge in [0.1, 0.15) is 48.3 Å². The topological polar surface area (TPSA) is 490 Å². The van der Waals surface area contributed by atoms with Crippen molar-refractivity contribution in [1.29, 1.82) is 0 Å². The number of amides is 9. The van der Waals surface area contributed by atoms with Gasteiger partial charge in [-0.2, -0.15) is 0 Å². The van der Waals surface area contributed by atoms with Crippen LogP contribution in [0.5, 0.6) is 0 Å². The number of aromatic amines is 1. The Kier molecular flexibility index (Phi) is 30.6. The molecule has 1 aromatic heterocycles. The summed E-state index contributed by atoms with van der Waals surface area (Å²) in [4.78, 5) is 140. The van der Waals surface area contributed by atoms with Gasteiger partial charge in [-0.3, -0.25) is 53.1 Å². The quantitative estimate of drug-likeness (QED) is 0.0171. The van der Waals surface area contributed by atoms with Crippen molar-refractivity contribution in [2.75, 3.05) is 32.7 Å². The summed E-state index contributed by atoms with van der Waals surface area (Å²) in [5.41, 5.74) is 48.5. The van der Waals surface area contributed by atoms with E-state index in [2.05, 4.69) is 52.2 Å². The van der Waals surface area contributed by atoms with Crippen molar-refractivity contribution in [2.45, 2.75) is 178 Å². The van der Waals surface area contributed by atoms with Gasteiger partial charge in [0.05, 0.1) is 6.04 Å². The molecule has 4 rings (SSSR count). The number of hydrogen-bond donors (Lipinski definition) is 16. The Balaban J connectivity index is 1.62. The molecule has 9 amide bonds. The number of hydrogen-bond acceptors (Lipinski definition) is 14. The Bertz CT molecular complexity index is 2820. The first-order valence-electron chi connectivity index (χ1n) is 30.5. The standard InChI is InChI=1S/C60H97N19O9/c1-35(2)31-46(77-57(87)47(33-38-34-71-41-20-9-8-19-39(38)41)76-51(81)40(63)32-37-17-6-5-7-18-37)56(86)75-43(22-11-13-27-62)53(83)73-44(23-14-28-69-59(65)66)54(84)72-42(21-10-12-26-61)52(82)74-45(24-15-29-70-60(67)68)55(85)78-49(36(3)4)58(88)79-30-16-25-48(79)50(64)80/h5-9,17-20,34-36,40,42-49,71H,10-16,21-33,61-63H2,1-4H3,(H2,64,80)(H,72,84)(H,73,83)(H,74,82)(H,75,86)(H,76,81)(H,77,87)(H,78,85)(H4,65,66,69)(H4,67,68,70)/t40-,42-,43-,44-,45-,46-,47-,48-,49-/m0/s1. The van der Waals surface area contributed by atoms with Crippen LogP contribution in [-0.4, -0.2) is 162 Å². The van der Waals surface area contributed by atoms with Crippen LogP contribution in [0.25, 0.3) is 10.9 Å². The van der Waals surface area contributed by atoms with Gasteiger partial charge in [-0.1, -0.05) is 76.2 Å². The Morgan fingerprint density at radius 3 is 1.50 bits per heavy atom. The lowest BCUT2D eigenvalue weighted by Crippen LogP contribution is -2.61. The highest BCUT2D eigenvalue weighted by Crippen LogP contribution is 2.22. The van der Waals surface area contributed by atoms with E-state index >= 15 is 0 Å². The first kappa shape index (κ1) is 72.1. The van der Waals surface area contributed by atoms with E-state index in [9.17, 15) is 43.2 Å². The Morgan fingerprint density at radius 2 is 1.01 bits per heavy atom. The zero-order valence-electron chi connectivity index (χ0n) is 51.4. The van der Waals surface area contributed by atoms with E-state index in [0.29, 0.717) is 38.5 Å². The number of benzene rings is 2. The van der Waals surface area contributed by atoms with Crippen molar-refractivity contribution in [3.8, 4) is 0 Å². The number of rotatable bonds is 39. The number of likely N-dealkylation sites (tertiary alicyclic amines) is 1. The van der Waals surface area contributed by atoms with Crippen molar-refractivity contribution in [1.82, 2.24) is 47.1 Å². The van der Waals surface area contributed by atoms with Crippen LogP contribution in [0.2, 0.25) is 0 Å². The highest BCUT2D eigenvalue weighted by molar-refractivity contribution is 5.99. The Morgan fingerprint density at radius 1 is 0.557 bits per heavy atom. The summed E-state index contributed by atoms with van der Waals surface area (Å²) in [7, 11) is 0. The number of fused-ring (bicyclic) bond motifs is 1. The van der Waals surface area contributed by atoms with E-state index in [-0.39, 0.29) is 108 Å². The van der Waals surface area contributed by atoms with Gasteiger partial charge in [0.2, 0.25) is 53.2 Å². The zero-order valence-corrected chi connectivity index (χ0v) is 51.4. The van der Waals surface area contributed by atoms with Gasteiger partial charge in [0, 0.05) is 43.2 Å². The van der Waals surface area contributed by atoms with Gasteiger partial charge in [0.25, 0.3) is 0 Å². The van der Waals surface area contributed by atoms with Crippen LogP contribution in [0.15, 0.2) is 70.8 Å². The maximum absolute atomic E-state index is 14.7. The molecule has 0 bridgehead atoms. The second-order valence-corrected chi connectivity index (χ2v) is 23.1. The van der Waals surface area contributed by atoms with Gasteiger partial charge in [0.15, 0.2) is 11.9 Å². The lowest BCUT2D eigenvalue weighted by Gasteiger charge is -2.31. The van der Waals surface area contributed by atoms with Gasteiger partial charge < -0.3 is 93.0 Å². The fraction of sp³-hybridized carbons (Fsp3) is 0.583. The minimum absolute atomic E-state index is 0.0149. The summed E-state index contributed by atoms with van der Waals surface area (Å²) >= 11 is 0. The molecule has 0 spiro atoms. The smallest absolute Gasteiger partial charge is 0.246 e. The maximum Gasteiger partial charge on any atom is 0.246 e. The van der Waals surface area contributed by atoms with Gasteiger partial charge in [-0.05, 0) is 132 Å². The number of nitrogens with two attached hydrogens (primary N) is 8. The molecule has 9 atom stereocenters. The molecular weight excluding hydrogens is 1130 g/mol. The highest BCUT2D eigenvalue weighted by Gasteiger charge is 2.40. The fourth-order valence-corrected chi connectivity index (χ4v) is 10.4. The molecule has 0 unspecified atom stereocenters. The van der Waals surface area contributed by atoms with Crippen molar-refractivity contribution < 1.29 is 43.2 Å². The van der Waals surface area contributed by atoms with Crippen LogP contribution in [0.1, 0.15) is 122 Å². The normalized spacial score (nSPS) is 15.7. The molecule has 1 aliphatic heterocycles. The fourth-order valence-electron chi connectivity index (χ4n) is 10.4.